The number of benzene rings is 1. The van der Waals surface area contributed by atoms with Gasteiger partial charge in [0.05, 0.1) is 17.0 Å². The molecule has 5 nitrogen and oxygen atoms in total. The molecule has 0 aliphatic heterocycles. The van der Waals surface area contributed by atoms with Gasteiger partial charge in [-0.1, -0.05) is 6.07 Å². The molecule has 0 atom stereocenters. The van der Waals surface area contributed by atoms with Crippen molar-refractivity contribution in [1.29, 1.82) is 5.26 Å². The largest absolute Gasteiger partial charge is 0.343 e. The van der Waals surface area contributed by atoms with E-state index in [9.17, 15) is 0 Å². The first kappa shape index (κ1) is 12.2. The summed E-state index contributed by atoms with van der Waals surface area (Å²) in [7, 11) is 0. The number of fused-ring (bicyclic) bond motifs is 1. The quantitative estimate of drug-likeness (QED) is 0.744. The molecule has 0 unspecified atom stereocenters. The third kappa shape index (κ3) is 2.19. The Morgan fingerprint density at radius 3 is 2.85 bits per heavy atom. The molecule has 0 bridgehead atoms. The standard InChI is InChI=1S/C15H13N5/c1-9-6-13-14(17-9)18-10(2)19-15(13)20-12-5-3-4-11(7-12)8-16/h3-7H,1-2H3,(H2,17,18,19,20). The van der Waals surface area contributed by atoms with Gasteiger partial charge < -0.3 is 10.3 Å². The number of aromatic nitrogens is 3. The third-order valence-corrected chi connectivity index (χ3v) is 2.99. The first-order chi connectivity index (χ1) is 9.65. The van der Waals surface area contributed by atoms with Gasteiger partial charge in [0.15, 0.2) is 0 Å². The molecule has 0 spiro atoms. The van der Waals surface area contributed by atoms with E-state index in [-0.39, 0.29) is 0 Å². The van der Waals surface area contributed by atoms with Crippen molar-refractivity contribution in [3.05, 3.63) is 47.4 Å². The number of nitriles is 1. The molecule has 2 N–H and O–H groups in total. The van der Waals surface area contributed by atoms with Crippen LogP contribution in [0.5, 0.6) is 0 Å². The van der Waals surface area contributed by atoms with Crippen LogP contribution in [0.4, 0.5) is 11.5 Å². The summed E-state index contributed by atoms with van der Waals surface area (Å²) in [4.78, 5) is 12.0. The Hall–Kier alpha value is -2.87. The van der Waals surface area contributed by atoms with E-state index in [2.05, 4.69) is 26.3 Å². The van der Waals surface area contributed by atoms with Crippen LogP contribution < -0.4 is 5.32 Å². The van der Waals surface area contributed by atoms with Crippen LogP contribution in [-0.2, 0) is 0 Å². The second-order valence-electron chi connectivity index (χ2n) is 4.65. The van der Waals surface area contributed by atoms with E-state index in [1.54, 1.807) is 12.1 Å². The zero-order valence-corrected chi connectivity index (χ0v) is 11.2. The van der Waals surface area contributed by atoms with Gasteiger partial charge in [-0.15, -0.1) is 0 Å². The number of anilines is 2. The van der Waals surface area contributed by atoms with E-state index in [0.29, 0.717) is 11.4 Å². The highest BCUT2D eigenvalue weighted by molar-refractivity contribution is 5.89. The summed E-state index contributed by atoms with van der Waals surface area (Å²) in [6, 6.07) is 11.4. The van der Waals surface area contributed by atoms with Gasteiger partial charge in [0.1, 0.15) is 17.3 Å². The molecule has 20 heavy (non-hydrogen) atoms. The average Bonchev–Trinajstić information content (AvgIpc) is 2.79. The Morgan fingerprint density at radius 2 is 2.05 bits per heavy atom. The lowest BCUT2D eigenvalue weighted by Gasteiger charge is -2.07. The highest BCUT2D eigenvalue weighted by Gasteiger charge is 2.08. The number of aromatic amines is 1. The van der Waals surface area contributed by atoms with Crippen LogP contribution in [-0.4, -0.2) is 15.0 Å². The maximum atomic E-state index is 8.94. The molecular weight excluding hydrogens is 250 g/mol. The summed E-state index contributed by atoms with van der Waals surface area (Å²) in [6.07, 6.45) is 0. The van der Waals surface area contributed by atoms with Crippen molar-refractivity contribution < 1.29 is 0 Å². The van der Waals surface area contributed by atoms with Gasteiger partial charge >= 0.3 is 0 Å². The molecule has 1 aromatic carbocycles. The Morgan fingerprint density at radius 1 is 1.20 bits per heavy atom. The van der Waals surface area contributed by atoms with Gasteiger partial charge in [-0.2, -0.15) is 5.26 Å². The first-order valence-electron chi connectivity index (χ1n) is 6.27. The first-order valence-corrected chi connectivity index (χ1v) is 6.27. The number of nitrogens with zero attached hydrogens (tertiary/aromatic N) is 3. The molecule has 0 fully saturated rings. The number of nitrogens with one attached hydrogen (secondary N) is 2. The topological polar surface area (TPSA) is 77.4 Å². The number of hydrogen-bond acceptors (Lipinski definition) is 4. The van der Waals surface area contributed by atoms with Gasteiger partial charge in [-0.3, -0.25) is 0 Å². The maximum absolute atomic E-state index is 8.94. The predicted octanol–water partition coefficient (Wildman–Crippen LogP) is 3.19. The second-order valence-corrected chi connectivity index (χ2v) is 4.65. The van der Waals surface area contributed by atoms with E-state index >= 15 is 0 Å². The van der Waals surface area contributed by atoms with Crippen LogP contribution in [0, 0.1) is 25.2 Å². The molecule has 0 saturated heterocycles. The van der Waals surface area contributed by atoms with Crippen molar-refractivity contribution in [2.24, 2.45) is 0 Å². The molecule has 5 heteroatoms. The minimum Gasteiger partial charge on any atom is -0.343 e. The van der Waals surface area contributed by atoms with E-state index < -0.39 is 0 Å². The highest BCUT2D eigenvalue weighted by atomic mass is 15.1. The summed E-state index contributed by atoms with van der Waals surface area (Å²) in [6.45, 7) is 3.84. The van der Waals surface area contributed by atoms with Crippen molar-refractivity contribution in [2.45, 2.75) is 13.8 Å². The lowest BCUT2D eigenvalue weighted by molar-refractivity contribution is 1.08. The van der Waals surface area contributed by atoms with Crippen LogP contribution in [0.1, 0.15) is 17.1 Å². The predicted molar refractivity (Wildman–Crippen MR) is 77.8 cm³/mol. The molecule has 3 rings (SSSR count). The molecule has 3 aromatic rings. The summed E-state index contributed by atoms with van der Waals surface area (Å²) in [5.41, 5.74) is 3.30. The van der Waals surface area contributed by atoms with Crippen LogP contribution in [0.3, 0.4) is 0 Å². The van der Waals surface area contributed by atoms with Crippen LogP contribution in [0.2, 0.25) is 0 Å². The van der Waals surface area contributed by atoms with Crippen LogP contribution in [0.15, 0.2) is 30.3 Å². The zero-order chi connectivity index (χ0) is 14.1. The Kier molecular flexibility index (Phi) is 2.84. The van der Waals surface area contributed by atoms with Gasteiger partial charge in [0.2, 0.25) is 0 Å². The van der Waals surface area contributed by atoms with E-state index in [1.807, 2.05) is 32.0 Å². The molecule has 0 aliphatic carbocycles. The number of hydrogen-bond donors (Lipinski definition) is 2. The zero-order valence-electron chi connectivity index (χ0n) is 11.2. The Balaban J connectivity index is 2.08. The summed E-state index contributed by atoms with van der Waals surface area (Å²) in [5.74, 6) is 1.44. The monoisotopic (exact) mass is 263 g/mol. The molecule has 98 valence electrons. The van der Waals surface area contributed by atoms with E-state index in [4.69, 9.17) is 5.26 Å². The van der Waals surface area contributed by atoms with Gasteiger partial charge in [0, 0.05) is 11.4 Å². The van der Waals surface area contributed by atoms with Crippen LogP contribution in [0.25, 0.3) is 11.0 Å². The summed E-state index contributed by atoms with van der Waals surface area (Å²) < 4.78 is 0. The molecule has 0 saturated carbocycles. The molecule has 0 radical (unpaired) electrons. The fourth-order valence-electron chi connectivity index (χ4n) is 2.15. The molecule has 0 aliphatic rings. The molecule has 0 amide bonds. The van der Waals surface area contributed by atoms with Crippen molar-refractivity contribution >= 4 is 22.5 Å². The fraction of sp³-hybridized carbons (Fsp3) is 0.133. The molecular formula is C15H13N5. The van der Waals surface area contributed by atoms with Gasteiger partial charge in [-0.05, 0) is 38.1 Å². The van der Waals surface area contributed by atoms with Gasteiger partial charge in [0.25, 0.3) is 0 Å². The molecule has 2 heterocycles. The number of aryl methyl sites for hydroxylation is 2. The second kappa shape index (κ2) is 4.67. The van der Waals surface area contributed by atoms with Gasteiger partial charge in [-0.25, -0.2) is 9.97 Å². The van der Waals surface area contributed by atoms with E-state index in [1.165, 1.54) is 0 Å². The normalized spacial score (nSPS) is 10.4. The van der Waals surface area contributed by atoms with E-state index in [0.717, 1.165) is 28.2 Å². The summed E-state index contributed by atoms with van der Waals surface area (Å²) in [5, 5.41) is 13.1. The lowest BCUT2D eigenvalue weighted by Crippen LogP contribution is -1.98. The minimum atomic E-state index is 0.613. The fourth-order valence-corrected chi connectivity index (χ4v) is 2.15. The van der Waals surface area contributed by atoms with Crippen molar-refractivity contribution in [3.8, 4) is 6.07 Å². The molecule has 2 aromatic heterocycles. The van der Waals surface area contributed by atoms with Crippen molar-refractivity contribution in [3.63, 3.8) is 0 Å². The SMILES string of the molecule is Cc1nc(Nc2cccc(C#N)c2)c2cc(C)[nH]c2n1. The van der Waals surface area contributed by atoms with Crippen molar-refractivity contribution in [2.75, 3.05) is 5.32 Å². The maximum Gasteiger partial charge on any atom is 0.143 e. The number of rotatable bonds is 2. The Labute approximate surface area is 116 Å². The number of H-pyrrole nitrogens is 1. The highest BCUT2D eigenvalue weighted by Crippen LogP contribution is 2.24. The smallest absolute Gasteiger partial charge is 0.143 e. The average molecular weight is 263 g/mol. The van der Waals surface area contributed by atoms with Crippen LogP contribution >= 0.6 is 0 Å². The third-order valence-electron chi connectivity index (χ3n) is 2.99. The lowest BCUT2D eigenvalue weighted by atomic mass is 10.2. The van der Waals surface area contributed by atoms with Crippen molar-refractivity contribution in [1.82, 2.24) is 15.0 Å². The summed E-state index contributed by atoms with van der Waals surface area (Å²) >= 11 is 0. The Bertz CT molecular complexity index is 826. The minimum absolute atomic E-state index is 0.613.